The van der Waals surface area contributed by atoms with E-state index in [2.05, 4.69) is 42.1 Å². The minimum atomic E-state index is -0.0961. The van der Waals surface area contributed by atoms with Crippen LogP contribution in [0.15, 0.2) is 18.2 Å². The van der Waals surface area contributed by atoms with Gasteiger partial charge in [0.2, 0.25) is 0 Å². The van der Waals surface area contributed by atoms with Gasteiger partial charge in [0.25, 0.3) is 0 Å². The zero-order chi connectivity index (χ0) is 15.2. The van der Waals surface area contributed by atoms with Gasteiger partial charge in [0.05, 0.1) is 0 Å². The fraction of sp³-hybridized carbons (Fsp3) is 0.647. The normalized spacial score (nSPS) is 18.6. The van der Waals surface area contributed by atoms with Crippen molar-refractivity contribution in [2.24, 2.45) is 0 Å². The molecular weight excluding hydrogens is 265 g/mol. The van der Waals surface area contributed by atoms with Crippen LogP contribution in [-0.4, -0.2) is 44.7 Å². The molecule has 1 aromatic carbocycles. The van der Waals surface area contributed by atoms with E-state index in [0.717, 1.165) is 56.8 Å². The summed E-state index contributed by atoms with van der Waals surface area (Å²) in [6.07, 6.45) is 2.19. The first-order chi connectivity index (χ1) is 10.1. The van der Waals surface area contributed by atoms with Gasteiger partial charge in [-0.15, -0.1) is 0 Å². The zero-order valence-electron chi connectivity index (χ0n) is 13.5. The van der Waals surface area contributed by atoms with Crippen LogP contribution in [0.3, 0.4) is 0 Å². The molecule has 0 amide bonds. The molecule has 0 spiro atoms. The average Bonchev–Trinajstić information content (AvgIpc) is 2.69. The number of halogens is 1. The third-order valence-electron chi connectivity index (χ3n) is 4.22. The van der Waals surface area contributed by atoms with Gasteiger partial charge in [0.15, 0.2) is 0 Å². The highest BCUT2D eigenvalue weighted by Crippen LogP contribution is 2.29. The number of anilines is 1. The molecule has 1 heterocycles. The number of rotatable bonds is 5. The van der Waals surface area contributed by atoms with Crippen LogP contribution < -0.4 is 10.2 Å². The Kier molecular flexibility index (Phi) is 6.00. The maximum Gasteiger partial charge on any atom is 0.130 e. The van der Waals surface area contributed by atoms with Gasteiger partial charge in [0.1, 0.15) is 5.82 Å². The van der Waals surface area contributed by atoms with Crippen LogP contribution in [0, 0.1) is 5.82 Å². The van der Waals surface area contributed by atoms with Crippen molar-refractivity contribution in [3.63, 3.8) is 0 Å². The number of likely N-dealkylation sites (N-methyl/N-ethyl adjacent to an activating group) is 1. The minimum absolute atomic E-state index is 0.0436. The van der Waals surface area contributed by atoms with E-state index in [0.29, 0.717) is 0 Å². The second-order valence-corrected chi connectivity index (χ2v) is 5.99. The number of benzene rings is 1. The van der Waals surface area contributed by atoms with Crippen LogP contribution in [0.2, 0.25) is 0 Å². The summed E-state index contributed by atoms with van der Waals surface area (Å²) in [4.78, 5) is 4.68. The average molecular weight is 293 g/mol. The Balaban J connectivity index is 2.23. The fourth-order valence-corrected chi connectivity index (χ4v) is 2.98. The van der Waals surface area contributed by atoms with Gasteiger partial charge in [-0.25, -0.2) is 4.39 Å². The number of hydrogen-bond donors (Lipinski definition) is 1. The molecule has 4 heteroatoms. The Hall–Kier alpha value is -1.13. The van der Waals surface area contributed by atoms with Gasteiger partial charge in [-0.3, -0.25) is 0 Å². The second-order valence-electron chi connectivity index (χ2n) is 5.99. The SMILES string of the molecule is CCCNC(C)c1c(F)cccc1N1CCCN(C)CC1. The lowest BCUT2D eigenvalue weighted by molar-refractivity contribution is 0.360. The Labute approximate surface area is 128 Å². The molecule has 1 aromatic rings. The van der Waals surface area contributed by atoms with E-state index in [4.69, 9.17) is 0 Å². The Morgan fingerprint density at radius 3 is 2.81 bits per heavy atom. The van der Waals surface area contributed by atoms with Gasteiger partial charge in [-0.2, -0.15) is 0 Å². The van der Waals surface area contributed by atoms with Crippen LogP contribution in [0.5, 0.6) is 0 Å². The maximum absolute atomic E-state index is 14.4. The zero-order valence-corrected chi connectivity index (χ0v) is 13.5. The van der Waals surface area contributed by atoms with Gasteiger partial charge >= 0.3 is 0 Å². The molecule has 1 unspecified atom stereocenters. The van der Waals surface area contributed by atoms with E-state index in [1.807, 2.05) is 6.07 Å². The van der Waals surface area contributed by atoms with E-state index in [1.54, 1.807) is 6.07 Å². The van der Waals surface area contributed by atoms with Gasteiger partial charge < -0.3 is 15.1 Å². The summed E-state index contributed by atoms with van der Waals surface area (Å²) in [7, 11) is 2.15. The number of hydrogen-bond acceptors (Lipinski definition) is 3. The van der Waals surface area contributed by atoms with Crippen LogP contribution in [-0.2, 0) is 0 Å². The largest absolute Gasteiger partial charge is 0.370 e. The van der Waals surface area contributed by atoms with Crippen LogP contribution in [0.25, 0.3) is 0 Å². The molecule has 1 N–H and O–H groups in total. The van der Waals surface area contributed by atoms with Crippen molar-refractivity contribution in [2.45, 2.75) is 32.7 Å². The van der Waals surface area contributed by atoms with Crippen LogP contribution in [0.4, 0.5) is 10.1 Å². The summed E-state index contributed by atoms with van der Waals surface area (Å²) in [5.41, 5.74) is 1.87. The summed E-state index contributed by atoms with van der Waals surface area (Å²) in [5.74, 6) is -0.0961. The molecule has 1 aliphatic heterocycles. The van der Waals surface area contributed by atoms with E-state index in [-0.39, 0.29) is 11.9 Å². The molecule has 21 heavy (non-hydrogen) atoms. The van der Waals surface area contributed by atoms with Crippen LogP contribution in [0.1, 0.15) is 38.3 Å². The molecule has 0 bridgehead atoms. The molecule has 1 aliphatic rings. The summed E-state index contributed by atoms with van der Waals surface area (Å²) < 4.78 is 14.4. The minimum Gasteiger partial charge on any atom is -0.370 e. The lowest BCUT2D eigenvalue weighted by atomic mass is 10.0. The highest BCUT2D eigenvalue weighted by Gasteiger charge is 2.20. The van der Waals surface area contributed by atoms with Crippen molar-refractivity contribution in [1.82, 2.24) is 10.2 Å². The van der Waals surface area contributed by atoms with Crippen molar-refractivity contribution >= 4 is 5.69 Å². The maximum atomic E-state index is 14.4. The van der Waals surface area contributed by atoms with Crippen molar-refractivity contribution in [3.8, 4) is 0 Å². The van der Waals surface area contributed by atoms with E-state index in [1.165, 1.54) is 0 Å². The first-order valence-electron chi connectivity index (χ1n) is 8.08. The topological polar surface area (TPSA) is 18.5 Å². The van der Waals surface area contributed by atoms with Crippen molar-refractivity contribution < 1.29 is 4.39 Å². The van der Waals surface area contributed by atoms with Crippen molar-refractivity contribution in [3.05, 3.63) is 29.6 Å². The summed E-state index contributed by atoms with van der Waals surface area (Å²) in [5, 5.41) is 3.42. The highest BCUT2D eigenvalue weighted by atomic mass is 19.1. The van der Waals surface area contributed by atoms with E-state index < -0.39 is 0 Å². The molecule has 0 aliphatic carbocycles. The number of nitrogens with one attached hydrogen (secondary N) is 1. The summed E-state index contributed by atoms with van der Waals surface area (Å²) in [6.45, 7) is 9.22. The number of nitrogens with zero attached hydrogens (tertiary/aromatic N) is 2. The van der Waals surface area contributed by atoms with Crippen LogP contribution >= 0.6 is 0 Å². The summed E-state index contributed by atoms with van der Waals surface area (Å²) in [6, 6.07) is 5.51. The second kappa shape index (κ2) is 7.76. The Morgan fingerprint density at radius 1 is 1.24 bits per heavy atom. The molecule has 0 radical (unpaired) electrons. The quantitative estimate of drug-likeness (QED) is 0.900. The van der Waals surface area contributed by atoms with E-state index in [9.17, 15) is 4.39 Å². The molecule has 2 rings (SSSR count). The smallest absolute Gasteiger partial charge is 0.130 e. The molecule has 118 valence electrons. The van der Waals surface area contributed by atoms with E-state index >= 15 is 0 Å². The van der Waals surface area contributed by atoms with Gasteiger partial charge in [-0.1, -0.05) is 13.0 Å². The molecule has 0 saturated carbocycles. The third kappa shape index (κ3) is 4.17. The van der Waals surface area contributed by atoms with Crippen molar-refractivity contribution in [1.29, 1.82) is 0 Å². The highest BCUT2D eigenvalue weighted by molar-refractivity contribution is 5.55. The first-order valence-corrected chi connectivity index (χ1v) is 8.08. The Morgan fingerprint density at radius 2 is 2.05 bits per heavy atom. The standard InChI is InChI=1S/C17H28FN3/c1-4-9-19-14(2)17-15(18)7-5-8-16(17)21-11-6-10-20(3)12-13-21/h5,7-8,14,19H,4,6,9-13H2,1-3H3. The van der Waals surface area contributed by atoms with Gasteiger partial charge in [-0.05, 0) is 52.0 Å². The molecule has 3 nitrogen and oxygen atoms in total. The molecule has 1 atom stereocenters. The predicted octanol–water partition coefficient (Wildman–Crippen LogP) is 3.03. The lowest BCUT2D eigenvalue weighted by Crippen LogP contribution is -2.31. The van der Waals surface area contributed by atoms with Crippen molar-refractivity contribution in [2.75, 3.05) is 44.7 Å². The third-order valence-corrected chi connectivity index (χ3v) is 4.22. The predicted molar refractivity (Wildman–Crippen MR) is 87.4 cm³/mol. The summed E-state index contributed by atoms with van der Waals surface area (Å²) >= 11 is 0. The lowest BCUT2D eigenvalue weighted by Gasteiger charge is -2.28. The molecule has 1 fully saturated rings. The molecule has 1 saturated heterocycles. The van der Waals surface area contributed by atoms with Gasteiger partial charge in [0, 0.05) is 36.9 Å². The Bertz CT molecular complexity index is 450. The molecule has 0 aromatic heterocycles. The molecular formula is C17H28FN3. The fourth-order valence-electron chi connectivity index (χ4n) is 2.98. The first kappa shape index (κ1) is 16.2. The monoisotopic (exact) mass is 293 g/mol.